The second kappa shape index (κ2) is 7.82. The van der Waals surface area contributed by atoms with Crippen LogP contribution in [0.4, 0.5) is 11.4 Å². The van der Waals surface area contributed by atoms with Crippen LogP contribution in [0.5, 0.6) is 0 Å². The van der Waals surface area contributed by atoms with Crippen LogP contribution in [0.25, 0.3) is 10.9 Å². The van der Waals surface area contributed by atoms with Gasteiger partial charge in [0.25, 0.3) is 0 Å². The summed E-state index contributed by atoms with van der Waals surface area (Å²) in [5, 5.41) is 9.75. The first kappa shape index (κ1) is 18.8. The van der Waals surface area contributed by atoms with Crippen molar-refractivity contribution >= 4 is 46.3 Å². The molecule has 2 aromatic carbocycles. The van der Waals surface area contributed by atoms with E-state index in [1.54, 1.807) is 0 Å². The number of nitrogens with zero attached hydrogens (tertiary/aromatic N) is 3. The molecule has 1 saturated carbocycles. The Labute approximate surface area is 175 Å². The number of benzene rings is 2. The highest BCUT2D eigenvalue weighted by atomic mass is 35.5. The van der Waals surface area contributed by atoms with Gasteiger partial charge in [-0.25, -0.2) is 0 Å². The average Bonchev–Trinajstić information content (AvgIpc) is 3.44. The van der Waals surface area contributed by atoms with Gasteiger partial charge >= 0.3 is 0 Å². The monoisotopic (exact) mass is 410 g/mol. The summed E-state index contributed by atoms with van der Waals surface area (Å²) in [5.74, 6) is 0.589. The molecule has 6 heteroatoms. The van der Waals surface area contributed by atoms with Crippen molar-refractivity contribution in [1.82, 2.24) is 14.8 Å². The van der Waals surface area contributed by atoms with Crippen LogP contribution >= 0.6 is 24.0 Å². The quantitative estimate of drug-likeness (QED) is 0.427. The lowest BCUT2D eigenvalue weighted by Gasteiger charge is -2.11. The maximum Gasteiger partial charge on any atom is 0.0770 e. The van der Waals surface area contributed by atoms with Crippen LogP contribution in [0.1, 0.15) is 30.0 Å². The molecular formula is C22H20Cl2N4. The van der Waals surface area contributed by atoms with Gasteiger partial charge in [0.2, 0.25) is 0 Å². The summed E-state index contributed by atoms with van der Waals surface area (Å²) in [7, 11) is 0. The third kappa shape index (κ3) is 3.98. The summed E-state index contributed by atoms with van der Waals surface area (Å²) in [6.07, 6.45) is 6.33. The number of halogens is 2. The van der Waals surface area contributed by atoms with Crippen molar-refractivity contribution in [3.05, 3.63) is 83.3 Å². The molecule has 1 fully saturated rings. The summed E-state index contributed by atoms with van der Waals surface area (Å²) in [4.78, 5) is 4.82. The summed E-state index contributed by atoms with van der Waals surface area (Å²) in [6.45, 7) is 0.749. The molecule has 0 amide bonds. The molecule has 0 spiro atoms. The standard InChI is InChI=1S/C22H19ClN4.ClH/c23-17-8-9-20-19(10-17)22(11-21(26-20)16-6-7-16)25-18-12-24-27(14-18)13-15-4-2-1-3-5-15;/h1-5,8-12,14,16H,6-7,13H2,(H,25,26);1H. The molecule has 0 unspecified atom stereocenters. The maximum atomic E-state index is 6.23. The fraction of sp³-hybridized carbons (Fsp3) is 0.182. The number of pyridine rings is 1. The van der Waals surface area contributed by atoms with Crippen LogP contribution in [0.15, 0.2) is 67.0 Å². The SMILES string of the molecule is Cl.Clc1ccc2nc(C3CC3)cc(Nc3cnn(Cc4ccccc4)c3)c2c1. The zero-order valence-corrected chi connectivity index (χ0v) is 16.7. The first-order valence-corrected chi connectivity index (χ1v) is 9.56. The first-order valence-electron chi connectivity index (χ1n) is 9.18. The summed E-state index contributed by atoms with van der Waals surface area (Å²) in [5.41, 5.74) is 5.35. The van der Waals surface area contributed by atoms with E-state index in [-0.39, 0.29) is 12.4 Å². The number of hydrogen-bond donors (Lipinski definition) is 1. The predicted molar refractivity (Wildman–Crippen MR) is 117 cm³/mol. The minimum atomic E-state index is 0. The van der Waals surface area contributed by atoms with Crippen LogP contribution in [0.3, 0.4) is 0 Å². The minimum absolute atomic E-state index is 0. The van der Waals surface area contributed by atoms with Gasteiger partial charge in [-0.3, -0.25) is 9.67 Å². The largest absolute Gasteiger partial charge is 0.352 e. The molecule has 0 radical (unpaired) electrons. The van der Waals surface area contributed by atoms with Gasteiger partial charge in [-0.1, -0.05) is 41.9 Å². The van der Waals surface area contributed by atoms with E-state index < -0.39 is 0 Å². The van der Waals surface area contributed by atoms with Gasteiger partial charge in [-0.05, 0) is 42.7 Å². The Hall–Kier alpha value is -2.56. The van der Waals surface area contributed by atoms with Crippen LogP contribution < -0.4 is 5.32 Å². The van der Waals surface area contributed by atoms with Crippen molar-refractivity contribution in [2.24, 2.45) is 0 Å². The number of rotatable bonds is 5. The molecular weight excluding hydrogens is 391 g/mol. The molecule has 1 aliphatic carbocycles. The van der Waals surface area contributed by atoms with Crippen molar-refractivity contribution in [1.29, 1.82) is 0 Å². The third-order valence-electron chi connectivity index (χ3n) is 4.89. The lowest BCUT2D eigenvalue weighted by atomic mass is 10.1. The smallest absolute Gasteiger partial charge is 0.0770 e. The van der Waals surface area contributed by atoms with E-state index in [0.717, 1.165) is 34.5 Å². The van der Waals surface area contributed by atoms with Gasteiger partial charge in [-0.15, -0.1) is 12.4 Å². The van der Waals surface area contributed by atoms with E-state index in [1.807, 2.05) is 53.5 Å². The summed E-state index contributed by atoms with van der Waals surface area (Å²) >= 11 is 6.23. The van der Waals surface area contributed by atoms with Crippen LogP contribution in [0, 0.1) is 0 Å². The highest BCUT2D eigenvalue weighted by molar-refractivity contribution is 6.31. The molecule has 28 heavy (non-hydrogen) atoms. The van der Waals surface area contributed by atoms with Crippen molar-refractivity contribution in [2.75, 3.05) is 5.32 Å². The van der Waals surface area contributed by atoms with Gasteiger partial charge in [0.15, 0.2) is 0 Å². The lowest BCUT2D eigenvalue weighted by molar-refractivity contribution is 0.687. The molecule has 1 aliphatic rings. The van der Waals surface area contributed by atoms with Gasteiger partial charge in [-0.2, -0.15) is 5.10 Å². The molecule has 5 rings (SSSR count). The van der Waals surface area contributed by atoms with Gasteiger partial charge in [0.05, 0.1) is 23.9 Å². The fourth-order valence-corrected chi connectivity index (χ4v) is 3.52. The number of hydrogen-bond acceptors (Lipinski definition) is 3. The van der Waals surface area contributed by atoms with Gasteiger partial charge < -0.3 is 5.32 Å². The summed E-state index contributed by atoms with van der Waals surface area (Å²) in [6, 6.07) is 18.3. The van der Waals surface area contributed by atoms with E-state index in [1.165, 1.54) is 18.4 Å². The molecule has 0 atom stereocenters. The molecule has 4 nitrogen and oxygen atoms in total. The van der Waals surface area contributed by atoms with E-state index >= 15 is 0 Å². The molecule has 1 N–H and O–H groups in total. The lowest BCUT2D eigenvalue weighted by Crippen LogP contribution is -1.99. The average molecular weight is 411 g/mol. The molecule has 0 bridgehead atoms. The molecule has 2 aromatic heterocycles. The fourth-order valence-electron chi connectivity index (χ4n) is 3.35. The number of anilines is 2. The van der Waals surface area contributed by atoms with Gasteiger partial charge in [0.1, 0.15) is 0 Å². The van der Waals surface area contributed by atoms with Crippen LogP contribution in [0.2, 0.25) is 5.02 Å². The van der Waals surface area contributed by atoms with E-state index in [9.17, 15) is 0 Å². The summed E-state index contributed by atoms with van der Waals surface area (Å²) < 4.78 is 1.94. The van der Waals surface area contributed by atoms with E-state index in [0.29, 0.717) is 10.9 Å². The Morgan fingerprint density at radius 3 is 2.68 bits per heavy atom. The van der Waals surface area contributed by atoms with Crippen LogP contribution in [-0.4, -0.2) is 14.8 Å². The van der Waals surface area contributed by atoms with Crippen molar-refractivity contribution in [3.8, 4) is 0 Å². The highest BCUT2D eigenvalue weighted by Crippen LogP contribution is 2.41. The highest BCUT2D eigenvalue weighted by Gasteiger charge is 2.26. The Morgan fingerprint density at radius 1 is 1.07 bits per heavy atom. The second-order valence-corrected chi connectivity index (χ2v) is 7.50. The van der Waals surface area contributed by atoms with Crippen molar-refractivity contribution in [3.63, 3.8) is 0 Å². The van der Waals surface area contributed by atoms with E-state index in [4.69, 9.17) is 16.6 Å². The van der Waals surface area contributed by atoms with Gasteiger partial charge in [0, 0.05) is 33.9 Å². The molecule has 0 saturated heterocycles. The van der Waals surface area contributed by atoms with Crippen LogP contribution in [-0.2, 0) is 6.54 Å². The minimum Gasteiger partial charge on any atom is -0.352 e. The number of aromatic nitrogens is 3. The Kier molecular flexibility index (Phi) is 5.25. The van der Waals surface area contributed by atoms with Crippen molar-refractivity contribution in [2.45, 2.75) is 25.3 Å². The molecule has 0 aliphatic heterocycles. The molecule has 4 aromatic rings. The Bertz CT molecular complexity index is 1100. The van der Waals surface area contributed by atoms with Crippen molar-refractivity contribution < 1.29 is 0 Å². The first-order chi connectivity index (χ1) is 13.2. The zero-order valence-electron chi connectivity index (χ0n) is 15.2. The molecule has 2 heterocycles. The maximum absolute atomic E-state index is 6.23. The number of nitrogens with one attached hydrogen (secondary N) is 1. The molecule has 142 valence electrons. The Morgan fingerprint density at radius 2 is 1.89 bits per heavy atom. The number of fused-ring (bicyclic) bond motifs is 1. The Balaban J connectivity index is 0.00000192. The second-order valence-electron chi connectivity index (χ2n) is 7.07. The zero-order chi connectivity index (χ0) is 18.2. The van der Waals surface area contributed by atoms with E-state index in [2.05, 4.69) is 28.6 Å². The third-order valence-corrected chi connectivity index (χ3v) is 5.12. The topological polar surface area (TPSA) is 42.7 Å². The normalized spacial score (nSPS) is 13.3. The predicted octanol–water partition coefficient (Wildman–Crippen LogP) is 6.18.